The standard InChI is InChI=1S/C13H17ClN2O2/c1-2-10-8-11(16(17)18)9-12(14)13(10)15-6-4-3-5-7-15/h8-9H,2-7H2,1H3. The van der Waals surface area contributed by atoms with Crippen molar-refractivity contribution in [3.05, 3.63) is 32.8 Å². The van der Waals surface area contributed by atoms with Crippen molar-refractivity contribution in [1.29, 1.82) is 0 Å². The zero-order valence-electron chi connectivity index (χ0n) is 10.5. The van der Waals surface area contributed by atoms with Crippen LogP contribution in [0.15, 0.2) is 12.1 Å². The number of piperidine rings is 1. The third-order valence-corrected chi connectivity index (χ3v) is 3.68. The van der Waals surface area contributed by atoms with Gasteiger partial charge in [0.05, 0.1) is 15.6 Å². The molecule has 1 aliphatic heterocycles. The van der Waals surface area contributed by atoms with E-state index in [1.165, 1.54) is 12.5 Å². The molecule has 0 atom stereocenters. The summed E-state index contributed by atoms with van der Waals surface area (Å²) in [5, 5.41) is 11.3. The summed E-state index contributed by atoms with van der Waals surface area (Å²) in [6.45, 7) is 3.98. The molecule has 1 saturated heterocycles. The maximum Gasteiger partial charge on any atom is 0.271 e. The second-order valence-corrected chi connectivity index (χ2v) is 5.00. The molecule has 1 aliphatic rings. The number of non-ortho nitro benzene ring substituents is 1. The summed E-state index contributed by atoms with van der Waals surface area (Å²) in [7, 11) is 0. The Bertz CT molecular complexity index is 457. The Morgan fingerprint density at radius 2 is 2.00 bits per heavy atom. The van der Waals surface area contributed by atoms with Crippen molar-refractivity contribution < 1.29 is 4.92 Å². The average Bonchev–Trinajstić information content (AvgIpc) is 2.38. The molecular formula is C13H17ClN2O2. The van der Waals surface area contributed by atoms with Crippen molar-refractivity contribution in [1.82, 2.24) is 0 Å². The Labute approximate surface area is 112 Å². The van der Waals surface area contributed by atoms with E-state index in [2.05, 4.69) is 4.90 Å². The fourth-order valence-electron chi connectivity index (χ4n) is 2.49. The van der Waals surface area contributed by atoms with Gasteiger partial charge in [0.25, 0.3) is 5.69 Å². The summed E-state index contributed by atoms with van der Waals surface area (Å²) in [5.41, 5.74) is 2.04. The highest BCUT2D eigenvalue weighted by molar-refractivity contribution is 6.33. The highest BCUT2D eigenvalue weighted by Crippen LogP contribution is 2.35. The van der Waals surface area contributed by atoms with Gasteiger partial charge in [-0.1, -0.05) is 18.5 Å². The van der Waals surface area contributed by atoms with Crippen LogP contribution in [0.25, 0.3) is 0 Å². The lowest BCUT2D eigenvalue weighted by atomic mass is 10.0. The van der Waals surface area contributed by atoms with Gasteiger partial charge in [-0.3, -0.25) is 10.1 Å². The number of nitro benzene ring substituents is 1. The van der Waals surface area contributed by atoms with E-state index in [4.69, 9.17) is 11.6 Å². The minimum Gasteiger partial charge on any atom is -0.370 e. The van der Waals surface area contributed by atoms with Crippen molar-refractivity contribution in [3.63, 3.8) is 0 Å². The Hall–Kier alpha value is -1.29. The Morgan fingerprint density at radius 1 is 1.33 bits per heavy atom. The van der Waals surface area contributed by atoms with Crippen LogP contribution in [0.5, 0.6) is 0 Å². The van der Waals surface area contributed by atoms with E-state index in [0.717, 1.165) is 43.6 Å². The van der Waals surface area contributed by atoms with Crippen LogP contribution in [0, 0.1) is 10.1 Å². The van der Waals surface area contributed by atoms with Gasteiger partial charge in [-0.05, 0) is 31.2 Å². The van der Waals surface area contributed by atoms with Gasteiger partial charge in [0.15, 0.2) is 0 Å². The van der Waals surface area contributed by atoms with Crippen LogP contribution in [0.1, 0.15) is 31.7 Å². The maximum absolute atomic E-state index is 10.8. The van der Waals surface area contributed by atoms with E-state index in [-0.39, 0.29) is 10.6 Å². The van der Waals surface area contributed by atoms with Crippen LogP contribution in [-0.2, 0) is 6.42 Å². The third-order valence-electron chi connectivity index (χ3n) is 3.39. The molecule has 0 radical (unpaired) electrons. The van der Waals surface area contributed by atoms with Gasteiger partial charge in [-0.25, -0.2) is 0 Å². The first-order chi connectivity index (χ1) is 8.63. The first-order valence-corrected chi connectivity index (χ1v) is 6.73. The number of benzene rings is 1. The van der Waals surface area contributed by atoms with Crippen molar-refractivity contribution in [2.45, 2.75) is 32.6 Å². The van der Waals surface area contributed by atoms with E-state index in [0.29, 0.717) is 5.02 Å². The largest absolute Gasteiger partial charge is 0.370 e. The van der Waals surface area contributed by atoms with Crippen molar-refractivity contribution in [3.8, 4) is 0 Å². The van der Waals surface area contributed by atoms with Crippen molar-refractivity contribution >= 4 is 23.0 Å². The molecule has 0 saturated carbocycles. The molecule has 4 nitrogen and oxygen atoms in total. The number of rotatable bonds is 3. The average molecular weight is 269 g/mol. The molecule has 0 unspecified atom stereocenters. The molecule has 1 aromatic carbocycles. The molecule has 0 amide bonds. The quantitative estimate of drug-likeness (QED) is 0.619. The minimum absolute atomic E-state index is 0.0811. The SMILES string of the molecule is CCc1cc([N+](=O)[O-])cc(Cl)c1N1CCCCC1. The second-order valence-electron chi connectivity index (χ2n) is 4.59. The Kier molecular flexibility index (Phi) is 4.07. The van der Waals surface area contributed by atoms with Gasteiger partial charge < -0.3 is 4.90 Å². The van der Waals surface area contributed by atoms with Crippen LogP contribution >= 0.6 is 11.6 Å². The number of halogens is 1. The van der Waals surface area contributed by atoms with Gasteiger partial charge >= 0.3 is 0 Å². The van der Waals surface area contributed by atoms with Crippen LogP contribution in [0.4, 0.5) is 11.4 Å². The predicted molar refractivity (Wildman–Crippen MR) is 73.5 cm³/mol. The van der Waals surface area contributed by atoms with Crippen LogP contribution in [-0.4, -0.2) is 18.0 Å². The number of aryl methyl sites for hydroxylation is 1. The van der Waals surface area contributed by atoms with E-state index >= 15 is 0 Å². The molecule has 5 heteroatoms. The van der Waals surface area contributed by atoms with Gasteiger partial charge in [0.2, 0.25) is 0 Å². The van der Waals surface area contributed by atoms with Gasteiger partial charge in [-0.15, -0.1) is 0 Å². The predicted octanol–water partition coefficient (Wildman–Crippen LogP) is 3.80. The number of nitrogens with zero attached hydrogens (tertiary/aromatic N) is 2. The summed E-state index contributed by atoms with van der Waals surface area (Å²) in [6, 6.07) is 3.11. The first-order valence-electron chi connectivity index (χ1n) is 6.35. The highest BCUT2D eigenvalue weighted by atomic mass is 35.5. The fraction of sp³-hybridized carbons (Fsp3) is 0.538. The number of hydrogen-bond acceptors (Lipinski definition) is 3. The van der Waals surface area contributed by atoms with Crippen LogP contribution in [0.2, 0.25) is 5.02 Å². The minimum atomic E-state index is -0.384. The lowest BCUT2D eigenvalue weighted by Crippen LogP contribution is -2.30. The zero-order chi connectivity index (χ0) is 13.1. The summed E-state index contributed by atoms with van der Waals surface area (Å²) in [5.74, 6) is 0. The van der Waals surface area contributed by atoms with Gasteiger partial charge in [-0.2, -0.15) is 0 Å². The lowest BCUT2D eigenvalue weighted by Gasteiger charge is -2.31. The van der Waals surface area contributed by atoms with Gasteiger partial charge in [0.1, 0.15) is 0 Å². The van der Waals surface area contributed by atoms with E-state index < -0.39 is 0 Å². The molecule has 1 aromatic rings. The van der Waals surface area contributed by atoms with E-state index in [9.17, 15) is 10.1 Å². The summed E-state index contributed by atoms with van der Waals surface area (Å²) >= 11 is 6.24. The smallest absolute Gasteiger partial charge is 0.271 e. The Morgan fingerprint density at radius 3 is 2.56 bits per heavy atom. The Balaban J connectivity index is 2.42. The summed E-state index contributed by atoms with van der Waals surface area (Å²) in [6.07, 6.45) is 4.34. The summed E-state index contributed by atoms with van der Waals surface area (Å²) in [4.78, 5) is 12.7. The number of anilines is 1. The third kappa shape index (κ3) is 2.58. The maximum atomic E-state index is 10.8. The van der Waals surface area contributed by atoms with E-state index in [1.54, 1.807) is 6.07 Å². The van der Waals surface area contributed by atoms with E-state index in [1.807, 2.05) is 6.92 Å². The molecule has 98 valence electrons. The molecule has 0 aliphatic carbocycles. The molecule has 0 N–H and O–H groups in total. The number of nitro groups is 1. The van der Waals surface area contributed by atoms with Crippen LogP contribution < -0.4 is 4.90 Å². The summed E-state index contributed by atoms with van der Waals surface area (Å²) < 4.78 is 0. The molecular weight excluding hydrogens is 252 g/mol. The van der Waals surface area contributed by atoms with Crippen molar-refractivity contribution in [2.24, 2.45) is 0 Å². The first kappa shape index (κ1) is 13.1. The lowest BCUT2D eigenvalue weighted by molar-refractivity contribution is -0.384. The zero-order valence-corrected chi connectivity index (χ0v) is 11.2. The topological polar surface area (TPSA) is 46.4 Å². The number of hydrogen-bond donors (Lipinski definition) is 0. The monoisotopic (exact) mass is 268 g/mol. The fourth-order valence-corrected chi connectivity index (χ4v) is 2.84. The van der Waals surface area contributed by atoms with Crippen LogP contribution in [0.3, 0.4) is 0 Å². The molecule has 1 fully saturated rings. The molecule has 2 rings (SSSR count). The van der Waals surface area contributed by atoms with Crippen molar-refractivity contribution in [2.75, 3.05) is 18.0 Å². The van der Waals surface area contributed by atoms with Gasteiger partial charge in [0, 0.05) is 25.2 Å². The molecule has 0 spiro atoms. The molecule has 18 heavy (non-hydrogen) atoms. The molecule has 1 heterocycles. The normalized spacial score (nSPS) is 15.8. The highest BCUT2D eigenvalue weighted by Gasteiger charge is 2.20. The second kappa shape index (κ2) is 5.57. The molecule has 0 aromatic heterocycles. The molecule has 0 bridgehead atoms.